The minimum Gasteiger partial charge on any atom is -0.466 e. The van der Waals surface area contributed by atoms with Gasteiger partial charge in [-0.1, -0.05) is 11.6 Å². The fraction of sp³-hybridized carbons (Fsp3) is 0.684. The summed E-state index contributed by atoms with van der Waals surface area (Å²) >= 11 is 6.94. The molecule has 2 saturated heterocycles. The van der Waals surface area contributed by atoms with Gasteiger partial charge in [0.15, 0.2) is 0 Å². The zero-order chi connectivity index (χ0) is 21.0. The Morgan fingerprint density at radius 2 is 1.79 bits per heavy atom. The number of hydrogen-bond acceptors (Lipinski definition) is 6. The first-order chi connectivity index (χ1) is 13.8. The van der Waals surface area contributed by atoms with Crippen molar-refractivity contribution in [2.24, 2.45) is 11.8 Å². The van der Waals surface area contributed by atoms with Gasteiger partial charge in [0.2, 0.25) is 5.91 Å². The van der Waals surface area contributed by atoms with Crippen molar-refractivity contribution >= 4 is 44.8 Å². The number of esters is 1. The van der Waals surface area contributed by atoms with Gasteiger partial charge in [0, 0.05) is 32.6 Å². The molecule has 1 aromatic heterocycles. The maximum atomic E-state index is 12.7. The van der Waals surface area contributed by atoms with Crippen LogP contribution in [-0.2, 0) is 24.3 Å². The number of amides is 1. The molecule has 3 heterocycles. The van der Waals surface area contributed by atoms with Gasteiger partial charge < -0.3 is 9.64 Å². The highest BCUT2D eigenvalue weighted by molar-refractivity contribution is 7.91. The molecule has 0 spiro atoms. The number of ether oxygens (including phenoxy) is 1. The number of carbonyl (C=O) groups is 2. The van der Waals surface area contributed by atoms with Crippen molar-refractivity contribution in [2.45, 2.75) is 43.2 Å². The Morgan fingerprint density at radius 1 is 1.14 bits per heavy atom. The summed E-state index contributed by atoms with van der Waals surface area (Å²) in [6.45, 7) is 4.17. The van der Waals surface area contributed by atoms with Crippen molar-refractivity contribution in [3.05, 3.63) is 16.5 Å². The minimum absolute atomic E-state index is 0.0960. The molecule has 1 amide bonds. The zero-order valence-corrected chi connectivity index (χ0v) is 18.9. The smallest absolute Gasteiger partial charge is 0.309 e. The molecule has 7 nitrogen and oxygen atoms in total. The molecule has 29 heavy (non-hydrogen) atoms. The average molecular weight is 463 g/mol. The quantitative estimate of drug-likeness (QED) is 0.607. The molecule has 0 saturated carbocycles. The SMILES string of the molecule is CCOC(=O)C1CCN(C(=O)CC2CCN(S(=O)(=O)c3ccc(Cl)s3)CC2)CC1. The molecule has 2 aliphatic rings. The standard InChI is InChI=1S/C19H27ClN2O5S2/c1-2-27-19(24)15-7-9-21(10-8-15)17(23)13-14-5-11-22(12-6-14)29(25,26)18-4-3-16(20)28-18/h3-4,14-15H,2,5-13H2,1H3. The lowest BCUT2D eigenvalue weighted by Gasteiger charge is -2.34. The molecule has 0 unspecified atom stereocenters. The maximum Gasteiger partial charge on any atom is 0.309 e. The van der Waals surface area contributed by atoms with Crippen LogP contribution in [0, 0.1) is 11.8 Å². The first-order valence-corrected chi connectivity index (χ1v) is 12.6. The van der Waals surface area contributed by atoms with Crippen LogP contribution < -0.4 is 0 Å². The zero-order valence-electron chi connectivity index (χ0n) is 16.5. The van der Waals surface area contributed by atoms with Gasteiger partial charge in [-0.25, -0.2) is 8.42 Å². The molecule has 0 radical (unpaired) electrons. The predicted molar refractivity (Wildman–Crippen MR) is 111 cm³/mol. The summed E-state index contributed by atoms with van der Waals surface area (Å²) < 4.78 is 32.6. The van der Waals surface area contributed by atoms with Crippen molar-refractivity contribution in [3.8, 4) is 0 Å². The van der Waals surface area contributed by atoms with Crippen LogP contribution in [0.5, 0.6) is 0 Å². The molecule has 0 bridgehead atoms. The first-order valence-electron chi connectivity index (χ1n) is 10.0. The molecule has 10 heteroatoms. The monoisotopic (exact) mass is 462 g/mol. The predicted octanol–water partition coefficient (Wildman–Crippen LogP) is 2.99. The molecule has 0 N–H and O–H groups in total. The third kappa shape index (κ3) is 5.51. The highest BCUT2D eigenvalue weighted by atomic mass is 35.5. The molecule has 2 fully saturated rings. The van der Waals surface area contributed by atoms with Gasteiger partial charge in [-0.2, -0.15) is 4.31 Å². The molecule has 0 atom stereocenters. The van der Waals surface area contributed by atoms with E-state index in [-0.39, 0.29) is 27.9 Å². The van der Waals surface area contributed by atoms with E-state index in [0.29, 0.717) is 69.2 Å². The van der Waals surface area contributed by atoms with E-state index in [2.05, 4.69) is 0 Å². The number of rotatable bonds is 6. The lowest BCUT2D eigenvalue weighted by Crippen LogP contribution is -2.43. The molecule has 2 aliphatic heterocycles. The van der Waals surface area contributed by atoms with E-state index in [1.54, 1.807) is 13.0 Å². The van der Waals surface area contributed by atoms with Crippen LogP contribution in [0.25, 0.3) is 0 Å². The van der Waals surface area contributed by atoms with E-state index in [1.165, 1.54) is 10.4 Å². The van der Waals surface area contributed by atoms with E-state index in [0.717, 1.165) is 11.3 Å². The van der Waals surface area contributed by atoms with Crippen LogP contribution >= 0.6 is 22.9 Å². The number of piperidine rings is 2. The van der Waals surface area contributed by atoms with Crippen molar-refractivity contribution in [2.75, 3.05) is 32.8 Å². The first kappa shape index (κ1) is 22.5. The molecule has 0 aromatic carbocycles. The van der Waals surface area contributed by atoms with E-state index in [4.69, 9.17) is 16.3 Å². The van der Waals surface area contributed by atoms with Crippen molar-refractivity contribution in [1.29, 1.82) is 0 Å². The molecular formula is C19H27ClN2O5S2. The van der Waals surface area contributed by atoms with Crippen LogP contribution in [0.15, 0.2) is 16.3 Å². The van der Waals surface area contributed by atoms with Gasteiger partial charge >= 0.3 is 5.97 Å². The van der Waals surface area contributed by atoms with Crippen LogP contribution in [0.2, 0.25) is 4.34 Å². The summed E-state index contributed by atoms with van der Waals surface area (Å²) in [4.78, 5) is 26.3. The number of thiophene rings is 1. The Kier molecular flexibility index (Phi) is 7.58. The van der Waals surface area contributed by atoms with Crippen LogP contribution in [-0.4, -0.2) is 62.3 Å². The Bertz CT molecular complexity index is 825. The summed E-state index contributed by atoms with van der Waals surface area (Å²) in [5.74, 6) is 0.000664. The van der Waals surface area contributed by atoms with Gasteiger partial charge in [0.25, 0.3) is 10.0 Å². The summed E-state index contributed by atoms with van der Waals surface area (Å²) in [6.07, 6.45) is 3.06. The number of likely N-dealkylation sites (tertiary alicyclic amines) is 1. The van der Waals surface area contributed by atoms with Gasteiger partial charge in [0.05, 0.1) is 16.9 Å². The molecule has 0 aliphatic carbocycles. The average Bonchev–Trinajstić information content (AvgIpc) is 3.16. The highest BCUT2D eigenvalue weighted by Crippen LogP contribution is 2.31. The summed E-state index contributed by atoms with van der Waals surface area (Å²) in [5, 5.41) is 0. The number of sulfonamides is 1. The highest BCUT2D eigenvalue weighted by Gasteiger charge is 2.33. The lowest BCUT2D eigenvalue weighted by molar-refractivity contribution is -0.151. The van der Waals surface area contributed by atoms with Gasteiger partial charge in [-0.15, -0.1) is 11.3 Å². The number of halogens is 1. The van der Waals surface area contributed by atoms with Crippen LogP contribution in [0.4, 0.5) is 0 Å². The lowest BCUT2D eigenvalue weighted by atomic mass is 9.92. The summed E-state index contributed by atoms with van der Waals surface area (Å²) in [6, 6.07) is 3.13. The van der Waals surface area contributed by atoms with Gasteiger partial charge in [0.1, 0.15) is 4.21 Å². The molecular weight excluding hydrogens is 436 g/mol. The van der Waals surface area contributed by atoms with Crippen molar-refractivity contribution in [1.82, 2.24) is 9.21 Å². The normalized spacial score (nSPS) is 20.0. The van der Waals surface area contributed by atoms with E-state index >= 15 is 0 Å². The molecule has 3 rings (SSSR count). The molecule has 162 valence electrons. The van der Waals surface area contributed by atoms with E-state index in [9.17, 15) is 18.0 Å². The van der Waals surface area contributed by atoms with Gasteiger partial charge in [-0.05, 0) is 50.7 Å². The van der Waals surface area contributed by atoms with E-state index < -0.39 is 10.0 Å². The third-order valence-corrected chi connectivity index (χ3v) is 9.24. The Balaban J connectivity index is 1.45. The second-order valence-corrected chi connectivity index (χ2v) is 11.4. The summed E-state index contributed by atoms with van der Waals surface area (Å²) in [5.41, 5.74) is 0. The van der Waals surface area contributed by atoms with Gasteiger partial charge in [-0.3, -0.25) is 9.59 Å². The fourth-order valence-corrected chi connectivity index (χ4v) is 7.02. The Labute approximate surface area is 181 Å². The maximum absolute atomic E-state index is 12.7. The minimum atomic E-state index is -3.50. The number of nitrogens with zero attached hydrogens (tertiary/aromatic N) is 2. The van der Waals surface area contributed by atoms with Crippen molar-refractivity contribution < 1.29 is 22.7 Å². The third-order valence-electron chi connectivity index (χ3n) is 5.65. The number of hydrogen-bond donors (Lipinski definition) is 0. The van der Waals surface area contributed by atoms with Crippen molar-refractivity contribution in [3.63, 3.8) is 0 Å². The molecule has 1 aromatic rings. The van der Waals surface area contributed by atoms with E-state index in [1.807, 2.05) is 4.90 Å². The second kappa shape index (κ2) is 9.76. The Hall–Kier alpha value is -1.16. The van der Waals surface area contributed by atoms with Crippen LogP contribution in [0.3, 0.4) is 0 Å². The second-order valence-electron chi connectivity index (χ2n) is 7.52. The largest absolute Gasteiger partial charge is 0.466 e. The topological polar surface area (TPSA) is 84.0 Å². The summed E-state index contributed by atoms with van der Waals surface area (Å²) in [7, 11) is -3.50. The Morgan fingerprint density at radius 3 is 2.34 bits per heavy atom. The fourth-order valence-electron chi connectivity index (χ4n) is 3.92. The number of carbonyl (C=O) groups excluding carboxylic acids is 2. The van der Waals surface area contributed by atoms with Crippen LogP contribution in [0.1, 0.15) is 39.0 Å².